The van der Waals surface area contributed by atoms with Crippen LogP contribution in [-0.2, 0) is 29.2 Å². The van der Waals surface area contributed by atoms with Gasteiger partial charge in [0.25, 0.3) is 21.9 Å². The predicted molar refractivity (Wildman–Crippen MR) is 99.5 cm³/mol. The van der Waals surface area contributed by atoms with Crippen LogP contribution in [0.1, 0.15) is 25.7 Å². The van der Waals surface area contributed by atoms with Crippen LogP contribution in [-0.4, -0.2) is 101 Å². The zero-order valence-corrected chi connectivity index (χ0v) is 15.7. The maximum atomic E-state index is 11.9. The molecule has 0 aromatic carbocycles. The van der Waals surface area contributed by atoms with E-state index in [0.29, 0.717) is 12.8 Å². The van der Waals surface area contributed by atoms with Gasteiger partial charge in [0.15, 0.2) is 0 Å². The van der Waals surface area contributed by atoms with Crippen LogP contribution in [0, 0.1) is 0 Å². The van der Waals surface area contributed by atoms with Gasteiger partial charge in [-0.05, 0) is 12.8 Å². The van der Waals surface area contributed by atoms with Crippen LogP contribution < -0.4 is 16.0 Å². The number of hydrogen-bond acceptors (Lipinski definition) is 8. The Labute approximate surface area is 187 Å². The Kier molecular flexibility index (Phi) is 7.78. The number of amides is 4. The van der Waals surface area contributed by atoms with E-state index in [4.69, 9.17) is 9.29 Å². The fraction of sp³-hybridized carbons (Fsp3) is 0.714. The number of rotatable bonds is 7. The molecule has 5 atom stereocenters. The van der Waals surface area contributed by atoms with E-state index in [9.17, 15) is 27.6 Å². The fourth-order valence-electron chi connectivity index (χ4n) is 3.40. The van der Waals surface area contributed by atoms with E-state index in [-0.39, 0.29) is 59.3 Å². The molecule has 0 aromatic heterocycles. The Morgan fingerprint density at radius 1 is 1.18 bits per heavy atom. The van der Waals surface area contributed by atoms with E-state index in [0.717, 1.165) is 12.2 Å². The van der Waals surface area contributed by atoms with Crippen molar-refractivity contribution in [2.24, 2.45) is 0 Å². The van der Waals surface area contributed by atoms with Gasteiger partial charge in [0.05, 0.1) is 12.1 Å². The third-order valence-corrected chi connectivity index (χ3v) is 7.29. The quantitative estimate of drug-likeness (QED) is 0.0856. The average molecular weight is 445 g/mol. The molecule has 3 heterocycles. The first-order valence-corrected chi connectivity index (χ1v) is 10.9. The van der Waals surface area contributed by atoms with Gasteiger partial charge in [-0.1, -0.05) is 6.42 Å². The minimum absolute atomic E-state index is 0. The van der Waals surface area contributed by atoms with Crippen molar-refractivity contribution in [1.82, 2.24) is 16.0 Å². The molecule has 152 valence electrons. The van der Waals surface area contributed by atoms with Crippen LogP contribution in [0.2, 0.25) is 0 Å². The van der Waals surface area contributed by atoms with Crippen LogP contribution in [0.5, 0.6) is 0 Å². The van der Waals surface area contributed by atoms with Crippen molar-refractivity contribution in [3.63, 3.8) is 0 Å². The number of hydrogen-bond donors (Lipinski definition) is 4. The summed E-state index contributed by atoms with van der Waals surface area (Å²) >= 11 is 1.75. The summed E-state index contributed by atoms with van der Waals surface area (Å²) in [7, 11) is -4.88. The number of urea groups is 1. The fourth-order valence-corrected chi connectivity index (χ4v) is 5.77. The Morgan fingerprint density at radius 2 is 1.89 bits per heavy atom. The Bertz CT molecular complexity index is 777. The molecule has 3 aliphatic heterocycles. The van der Waals surface area contributed by atoms with E-state index in [1.54, 1.807) is 17.1 Å². The third-order valence-electron chi connectivity index (χ3n) is 4.68. The summed E-state index contributed by atoms with van der Waals surface area (Å²) in [6.07, 6.45) is -0.0637. The van der Waals surface area contributed by atoms with Gasteiger partial charge in [0, 0.05) is 17.4 Å². The average Bonchev–Trinajstić information content (AvgIpc) is 3.17. The van der Waals surface area contributed by atoms with E-state index >= 15 is 0 Å². The normalized spacial score (nSPS) is 31.5. The van der Waals surface area contributed by atoms with Gasteiger partial charge in [-0.3, -0.25) is 24.3 Å². The second kappa shape index (κ2) is 9.30. The van der Waals surface area contributed by atoms with Gasteiger partial charge in [-0.15, -0.1) is 0 Å². The third kappa shape index (κ3) is 5.19. The second-order valence-corrected chi connectivity index (χ2v) is 9.38. The number of carbonyl (C=O) groups is 4. The molecule has 2 unspecified atom stereocenters. The summed E-state index contributed by atoms with van der Waals surface area (Å²) in [4.78, 5) is 46.2. The zero-order chi connectivity index (χ0) is 19.8. The first-order chi connectivity index (χ1) is 12.7. The van der Waals surface area contributed by atoms with E-state index in [1.807, 2.05) is 0 Å². The van der Waals surface area contributed by atoms with Crippen molar-refractivity contribution in [2.45, 2.75) is 54.4 Å². The molecule has 0 radical (unpaired) electrons. The summed E-state index contributed by atoms with van der Waals surface area (Å²) < 4.78 is 36.3. The summed E-state index contributed by atoms with van der Waals surface area (Å²) in [5, 5.41) is 5.54. The number of carbonyl (C=O) groups excluding carboxylic acids is 4. The SMILES string of the molecule is O=C1N[C@H]2[C@H](CS[C@H]2CCCCC(=O)OC2C(=O)NC(=O)C2S(=O)(=O)O)N1.[NaH]. The number of imide groups is 1. The van der Waals surface area contributed by atoms with Crippen LogP contribution in [0.3, 0.4) is 0 Å². The molecule has 3 fully saturated rings. The molecule has 0 spiro atoms. The molecule has 0 aliphatic carbocycles. The van der Waals surface area contributed by atoms with E-state index in [2.05, 4.69) is 10.6 Å². The van der Waals surface area contributed by atoms with Crippen LogP contribution in [0.4, 0.5) is 4.79 Å². The number of unbranched alkanes of at least 4 members (excludes halogenated alkanes) is 1. The molecule has 14 heteroatoms. The molecule has 11 nitrogen and oxygen atoms in total. The van der Waals surface area contributed by atoms with Crippen molar-refractivity contribution < 1.29 is 36.9 Å². The molecule has 0 saturated carbocycles. The van der Waals surface area contributed by atoms with Crippen molar-refractivity contribution in [3.05, 3.63) is 0 Å². The van der Waals surface area contributed by atoms with Gasteiger partial charge in [0.1, 0.15) is 0 Å². The van der Waals surface area contributed by atoms with E-state index < -0.39 is 39.3 Å². The first kappa shape index (κ1) is 23.4. The van der Waals surface area contributed by atoms with Crippen LogP contribution in [0.25, 0.3) is 0 Å². The predicted octanol–water partition coefficient (Wildman–Crippen LogP) is -2.11. The molecule has 4 N–H and O–H groups in total. The van der Waals surface area contributed by atoms with Crippen LogP contribution in [0.15, 0.2) is 0 Å². The molecule has 4 amide bonds. The number of nitrogens with one attached hydrogen (secondary N) is 3. The van der Waals surface area contributed by atoms with Crippen molar-refractivity contribution in [1.29, 1.82) is 0 Å². The first-order valence-electron chi connectivity index (χ1n) is 8.36. The summed E-state index contributed by atoms with van der Waals surface area (Å²) in [6, 6.07) is 0.0167. The number of esters is 1. The van der Waals surface area contributed by atoms with Crippen LogP contribution >= 0.6 is 11.8 Å². The zero-order valence-electron chi connectivity index (χ0n) is 14.0. The van der Waals surface area contributed by atoms with Gasteiger partial charge in [-0.25, -0.2) is 4.79 Å². The molecule has 0 aromatic rings. The molecule has 0 bridgehead atoms. The molecule has 28 heavy (non-hydrogen) atoms. The monoisotopic (exact) mass is 445 g/mol. The summed E-state index contributed by atoms with van der Waals surface area (Å²) in [5.74, 6) is -2.29. The summed E-state index contributed by atoms with van der Waals surface area (Å²) in [6.45, 7) is 0. The number of fused-ring (bicyclic) bond motifs is 1. The Hall–Kier alpha value is -0.860. The summed E-state index contributed by atoms with van der Waals surface area (Å²) in [5.41, 5.74) is 0. The number of ether oxygens (including phenoxy) is 1. The van der Waals surface area contributed by atoms with Crippen molar-refractivity contribution in [2.75, 3.05) is 5.75 Å². The molecule has 3 rings (SSSR count). The van der Waals surface area contributed by atoms with Gasteiger partial charge < -0.3 is 15.4 Å². The topological polar surface area (TPSA) is 168 Å². The standard InChI is InChI=1S/C14H19N3O8S2.Na.H/c18-8(25-10-11(27(22,23)24)13(20)17-12(10)19)4-2-1-3-7-9-6(5-26-7)15-14(21)16-9;;/h6-7,9-11H,1-5H2,(H2,15,16,21)(H,17,19,20)(H,22,23,24);;/t6-,7-,9-,10?,11?;;/m0../s1. The van der Waals surface area contributed by atoms with E-state index in [1.165, 1.54) is 0 Å². The van der Waals surface area contributed by atoms with Gasteiger partial charge in [-0.2, -0.15) is 20.2 Å². The molecular weight excluding hydrogens is 425 g/mol. The van der Waals surface area contributed by atoms with Gasteiger partial charge in [0.2, 0.25) is 11.4 Å². The number of thioether (sulfide) groups is 1. The van der Waals surface area contributed by atoms with Crippen molar-refractivity contribution >= 4 is 75.3 Å². The Morgan fingerprint density at radius 3 is 2.57 bits per heavy atom. The van der Waals surface area contributed by atoms with Crippen molar-refractivity contribution in [3.8, 4) is 0 Å². The maximum absolute atomic E-state index is 11.9. The molecular formula is C14H20N3NaO8S2. The molecule has 3 saturated heterocycles. The minimum atomic E-state index is -4.88. The molecule has 3 aliphatic rings. The second-order valence-electron chi connectivity index (χ2n) is 6.57. The Balaban J connectivity index is 0.00000280. The van der Waals surface area contributed by atoms with Gasteiger partial charge >= 0.3 is 41.6 Å².